The number of fused-ring (bicyclic) bond motifs is 1. The summed E-state index contributed by atoms with van der Waals surface area (Å²) in [5.74, 6) is -1.34. The Kier molecular flexibility index (Phi) is 5.28. The summed E-state index contributed by atoms with van der Waals surface area (Å²) in [5, 5.41) is 5.17. The van der Waals surface area contributed by atoms with Crippen molar-refractivity contribution in [3.8, 4) is 0 Å². The zero-order valence-corrected chi connectivity index (χ0v) is 14.0. The second-order valence-electron chi connectivity index (χ2n) is 5.99. The lowest BCUT2D eigenvalue weighted by Gasteiger charge is -2.24. The molecule has 3 rings (SSSR count). The Morgan fingerprint density at radius 3 is 2.62 bits per heavy atom. The Morgan fingerprint density at radius 2 is 1.85 bits per heavy atom. The first-order valence-corrected chi connectivity index (χ1v) is 8.19. The Balaban J connectivity index is 1.64. The second kappa shape index (κ2) is 7.79. The standard InChI is InChI=1S/C19H19N3O4/c20-17(23)10-21-18(24)13-6-3-7-15(8-13)22-19(25)16-9-12-4-1-2-5-14(12)11-26-16/h1-8,16H,9-11H2,(H2,20,23)(H,21,24)(H,22,25). The molecule has 1 unspecified atom stereocenters. The van der Waals surface area contributed by atoms with Gasteiger partial charge >= 0.3 is 0 Å². The first-order chi connectivity index (χ1) is 12.5. The molecule has 0 spiro atoms. The highest BCUT2D eigenvalue weighted by Gasteiger charge is 2.25. The molecular weight excluding hydrogens is 334 g/mol. The number of hydrogen-bond donors (Lipinski definition) is 3. The molecule has 0 fully saturated rings. The number of anilines is 1. The van der Waals surface area contributed by atoms with Crippen molar-refractivity contribution in [1.29, 1.82) is 0 Å². The van der Waals surface area contributed by atoms with Crippen LogP contribution in [0.15, 0.2) is 48.5 Å². The number of amides is 3. The van der Waals surface area contributed by atoms with Crippen molar-refractivity contribution in [2.24, 2.45) is 5.73 Å². The largest absolute Gasteiger partial charge is 0.368 e. The number of nitrogens with two attached hydrogens (primary N) is 1. The van der Waals surface area contributed by atoms with Gasteiger partial charge in [0.15, 0.2) is 0 Å². The molecule has 1 aliphatic heterocycles. The number of benzene rings is 2. The topological polar surface area (TPSA) is 111 Å². The summed E-state index contributed by atoms with van der Waals surface area (Å²) in [6.07, 6.45) is -0.0851. The van der Waals surface area contributed by atoms with Gasteiger partial charge in [-0.2, -0.15) is 0 Å². The van der Waals surface area contributed by atoms with Gasteiger partial charge in [-0.05, 0) is 29.3 Å². The molecule has 3 amide bonds. The van der Waals surface area contributed by atoms with E-state index in [2.05, 4.69) is 10.6 Å². The number of nitrogens with one attached hydrogen (secondary N) is 2. The van der Waals surface area contributed by atoms with Crippen LogP contribution in [-0.2, 0) is 27.4 Å². The molecule has 0 saturated carbocycles. The molecule has 1 aliphatic rings. The van der Waals surface area contributed by atoms with E-state index in [0.29, 0.717) is 24.3 Å². The van der Waals surface area contributed by atoms with Crippen LogP contribution in [0.3, 0.4) is 0 Å². The number of carbonyl (C=O) groups excluding carboxylic acids is 3. The third kappa shape index (κ3) is 4.25. The highest BCUT2D eigenvalue weighted by Crippen LogP contribution is 2.21. The molecule has 7 nitrogen and oxygen atoms in total. The maximum Gasteiger partial charge on any atom is 0.253 e. The zero-order chi connectivity index (χ0) is 18.5. The Morgan fingerprint density at radius 1 is 1.08 bits per heavy atom. The predicted octanol–water partition coefficient (Wildman–Crippen LogP) is 0.982. The lowest BCUT2D eigenvalue weighted by atomic mass is 9.99. The van der Waals surface area contributed by atoms with E-state index < -0.39 is 17.9 Å². The van der Waals surface area contributed by atoms with Crippen LogP contribution in [0.5, 0.6) is 0 Å². The van der Waals surface area contributed by atoms with E-state index in [-0.39, 0.29) is 12.5 Å². The fourth-order valence-corrected chi connectivity index (χ4v) is 2.75. The van der Waals surface area contributed by atoms with Crippen LogP contribution in [-0.4, -0.2) is 30.4 Å². The molecule has 2 aromatic rings. The van der Waals surface area contributed by atoms with Gasteiger partial charge in [-0.15, -0.1) is 0 Å². The zero-order valence-electron chi connectivity index (χ0n) is 14.0. The SMILES string of the molecule is NC(=O)CNC(=O)c1cccc(NC(=O)C2Cc3ccccc3CO2)c1. The van der Waals surface area contributed by atoms with Crippen molar-refractivity contribution in [3.05, 3.63) is 65.2 Å². The summed E-state index contributed by atoms with van der Waals surface area (Å²) in [6.45, 7) is 0.147. The maximum absolute atomic E-state index is 12.5. The van der Waals surface area contributed by atoms with Crippen LogP contribution in [0, 0.1) is 0 Å². The molecular formula is C19H19N3O4. The summed E-state index contributed by atoms with van der Waals surface area (Å²) >= 11 is 0. The van der Waals surface area contributed by atoms with Crippen LogP contribution in [0.25, 0.3) is 0 Å². The predicted molar refractivity (Wildman–Crippen MR) is 95.3 cm³/mol. The average molecular weight is 353 g/mol. The molecule has 134 valence electrons. The fourth-order valence-electron chi connectivity index (χ4n) is 2.75. The highest BCUT2D eigenvalue weighted by atomic mass is 16.5. The quantitative estimate of drug-likeness (QED) is 0.744. The van der Waals surface area contributed by atoms with Gasteiger partial charge in [-0.1, -0.05) is 30.3 Å². The third-order valence-electron chi connectivity index (χ3n) is 4.07. The van der Waals surface area contributed by atoms with Gasteiger partial charge in [-0.3, -0.25) is 14.4 Å². The minimum atomic E-state index is -0.627. The normalized spacial score (nSPS) is 15.6. The van der Waals surface area contributed by atoms with E-state index in [9.17, 15) is 14.4 Å². The van der Waals surface area contributed by atoms with Gasteiger partial charge in [-0.25, -0.2) is 0 Å². The van der Waals surface area contributed by atoms with E-state index in [1.54, 1.807) is 18.2 Å². The lowest BCUT2D eigenvalue weighted by Crippen LogP contribution is -2.35. The molecule has 1 heterocycles. The molecule has 0 saturated heterocycles. The molecule has 1 atom stereocenters. The molecule has 0 aromatic heterocycles. The van der Waals surface area contributed by atoms with E-state index in [0.717, 1.165) is 11.1 Å². The molecule has 4 N–H and O–H groups in total. The number of primary amides is 1. The van der Waals surface area contributed by atoms with Crippen LogP contribution in [0.4, 0.5) is 5.69 Å². The molecule has 26 heavy (non-hydrogen) atoms. The highest BCUT2D eigenvalue weighted by molar-refractivity contribution is 5.99. The Labute approximate surface area is 150 Å². The summed E-state index contributed by atoms with van der Waals surface area (Å²) in [6, 6.07) is 14.3. The van der Waals surface area contributed by atoms with Crippen molar-refractivity contribution in [1.82, 2.24) is 5.32 Å². The second-order valence-corrected chi connectivity index (χ2v) is 5.99. The van der Waals surface area contributed by atoms with Crippen molar-refractivity contribution >= 4 is 23.4 Å². The third-order valence-corrected chi connectivity index (χ3v) is 4.07. The number of carbonyl (C=O) groups is 3. The van der Waals surface area contributed by atoms with Crippen molar-refractivity contribution in [3.63, 3.8) is 0 Å². The van der Waals surface area contributed by atoms with Gasteiger partial charge in [0, 0.05) is 17.7 Å². The van der Waals surface area contributed by atoms with Gasteiger partial charge < -0.3 is 21.1 Å². The minimum absolute atomic E-state index is 0.245. The van der Waals surface area contributed by atoms with Crippen LogP contribution >= 0.6 is 0 Å². The Bertz CT molecular complexity index is 850. The smallest absolute Gasteiger partial charge is 0.253 e. The van der Waals surface area contributed by atoms with Crippen molar-refractivity contribution in [2.75, 3.05) is 11.9 Å². The summed E-state index contributed by atoms with van der Waals surface area (Å²) in [4.78, 5) is 35.2. The number of ether oxygens (including phenoxy) is 1. The average Bonchev–Trinajstić information content (AvgIpc) is 2.65. The molecule has 0 aliphatic carbocycles. The van der Waals surface area contributed by atoms with Crippen LogP contribution < -0.4 is 16.4 Å². The molecule has 7 heteroatoms. The first kappa shape index (κ1) is 17.6. The van der Waals surface area contributed by atoms with Crippen molar-refractivity contribution < 1.29 is 19.1 Å². The molecule has 0 bridgehead atoms. The maximum atomic E-state index is 12.5. The van der Waals surface area contributed by atoms with E-state index in [1.165, 1.54) is 6.07 Å². The summed E-state index contributed by atoms with van der Waals surface area (Å²) < 4.78 is 5.64. The monoisotopic (exact) mass is 353 g/mol. The van der Waals surface area contributed by atoms with E-state index in [4.69, 9.17) is 10.5 Å². The van der Waals surface area contributed by atoms with Crippen LogP contribution in [0.1, 0.15) is 21.5 Å². The van der Waals surface area contributed by atoms with Crippen molar-refractivity contribution in [2.45, 2.75) is 19.1 Å². The summed E-state index contributed by atoms with van der Waals surface area (Å²) in [5.41, 5.74) is 7.98. The van der Waals surface area contributed by atoms with E-state index >= 15 is 0 Å². The van der Waals surface area contributed by atoms with Gasteiger partial charge in [0.2, 0.25) is 5.91 Å². The van der Waals surface area contributed by atoms with Gasteiger partial charge in [0.1, 0.15) is 6.10 Å². The number of rotatable bonds is 5. The van der Waals surface area contributed by atoms with E-state index in [1.807, 2.05) is 24.3 Å². The molecule has 0 radical (unpaired) electrons. The first-order valence-electron chi connectivity index (χ1n) is 8.19. The van der Waals surface area contributed by atoms with Gasteiger partial charge in [0.25, 0.3) is 11.8 Å². The lowest BCUT2D eigenvalue weighted by molar-refractivity contribution is -0.129. The molecule has 2 aromatic carbocycles. The fraction of sp³-hybridized carbons (Fsp3) is 0.211. The number of hydrogen-bond acceptors (Lipinski definition) is 4. The Hall–Kier alpha value is -3.19. The van der Waals surface area contributed by atoms with Gasteiger partial charge in [0.05, 0.1) is 13.2 Å². The minimum Gasteiger partial charge on any atom is -0.368 e. The van der Waals surface area contributed by atoms with Crippen LogP contribution in [0.2, 0.25) is 0 Å². The summed E-state index contributed by atoms with van der Waals surface area (Å²) in [7, 11) is 0.